The maximum Gasteiger partial charge on any atom is 0.160 e. The fourth-order valence-corrected chi connectivity index (χ4v) is 1.21. The van der Waals surface area contributed by atoms with Gasteiger partial charge in [0.2, 0.25) is 0 Å². The van der Waals surface area contributed by atoms with E-state index in [1.165, 1.54) is 0 Å². The maximum absolute atomic E-state index is 11.2. The van der Waals surface area contributed by atoms with Crippen molar-refractivity contribution in [3.8, 4) is 0 Å². The van der Waals surface area contributed by atoms with E-state index < -0.39 is 0 Å². The molecule has 0 aliphatic carbocycles. The van der Waals surface area contributed by atoms with Crippen LogP contribution in [0.1, 0.15) is 43.6 Å². The van der Waals surface area contributed by atoms with Crippen LogP contribution in [0.3, 0.4) is 0 Å². The van der Waals surface area contributed by atoms with Crippen molar-refractivity contribution in [1.82, 2.24) is 0 Å². The van der Waals surface area contributed by atoms with Crippen molar-refractivity contribution in [2.45, 2.75) is 27.7 Å². The molecule has 0 saturated carbocycles. The number of carbonyl (C=O) groups is 1. The number of allylic oxidation sites excluding steroid dienone is 1. The Balaban J connectivity index is 0.000000921. The summed E-state index contributed by atoms with van der Waals surface area (Å²) in [6, 6.07) is 7.49. The second-order valence-electron chi connectivity index (χ2n) is 2.90. The summed E-state index contributed by atoms with van der Waals surface area (Å²) in [7, 11) is 0. The second kappa shape index (κ2) is 6.80. The van der Waals surface area contributed by atoms with Crippen LogP contribution in [-0.4, -0.2) is 5.78 Å². The first-order valence-corrected chi connectivity index (χ1v) is 5.14. The molecule has 0 fully saturated rings. The molecule has 1 rings (SSSR count). The maximum atomic E-state index is 11.2. The van der Waals surface area contributed by atoms with Crippen LogP contribution in [0.25, 0.3) is 5.57 Å². The molecule has 0 heterocycles. The van der Waals surface area contributed by atoms with Crippen molar-refractivity contribution in [2.24, 2.45) is 0 Å². The van der Waals surface area contributed by atoms with Crippen LogP contribution in [0.15, 0.2) is 36.6 Å². The van der Waals surface area contributed by atoms with E-state index >= 15 is 0 Å². The Labute approximate surface area is 92.1 Å². The molecule has 15 heavy (non-hydrogen) atoms. The molecule has 1 aromatic rings. The molecule has 0 radical (unpaired) electrons. The van der Waals surface area contributed by atoms with Crippen LogP contribution in [0.4, 0.5) is 0 Å². The van der Waals surface area contributed by atoms with Gasteiger partial charge in [0.15, 0.2) is 5.78 Å². The van der Waals surface area contributed by atoms with Crippen molar-refractivity contribution in [1.29, 1.82) is 0 Å². The number of rotatable bonds is 2. The third kappa shape index (κ3) is 3.57. The van der Waals surface area contributed by atoms with Gasteiger partial charge < -0.3 is 0 Å². The number of Topliss-reactive ketones (excluding diaryl/α,β-unsaturated/α-hetero) is 1. The molecule has 1 nitrogen and oxygen atoms in total. The highest BCUT2D eigenvalue weighted by Crippen LogP contribution is 2.17. The van der Waals surface area contributed by atoms with Gasteiger partial charge in [0, 0.05) is 5.56 Å². The highest BCUT2D eigenvalue weighted by molar-refractivity contribution is 5.98. The van der Waals surface area contributed by atoms with Crippen molar-refractivity contribution in [3.63, 3.8) is 0 Å². The van der Waals surface area contributed by atoms with E-state index in [0.29, 0.717) is 0 Å². The summed E-state index contributed by atoms with van der Waals surface area (Å²) in [5.74, 6) is 0.0743. The first kappa shape index (κ1) is 13.4. The third-order valence-corrected chi connectivity index (χ3v) is 1.98. The van der Waals surface area contributed by atoms with Gasteiger partial charge in [-0.15, -0.1) is 5.73 Å². The Morgan fingerprint density at radius 2 is 1.60 bits per heavy atom. The molecule has 0 aliphatic rings. The predicted octanol–water partition coefficient (Wildman–Crippen LogP) is 4.10. The summed E-state index contributed by atoms with van der Waals surface area (Å²) >= 11 is 0. The lowest BCUT2D eigenvalue weighted by Gasteiger charge is -2.04. The van der Waals surface area contributed by atoms with E-state index in [9.17, 15) is 4.79 Å². The van der Waals surface area contributed by atoms with Gasteiger partial charge in [-0.05, 0) is 25.0 Å². The molecular formula is C14H18O. The van der Waals surface area contributed by atoms with E-state index in [4.69, 9.17) is 0 Å². The number of ketones is 1. The molecule has 80 valence electrons. The Bertz CT molecular complexity index is 382. The number of hydrogen-bond donors (Lipinski definition) is 0. The molecule has 0 atom stereocenters. The highest BCUT2D eigenvalue weighted by Gasteiger charge is 2.06. The normalized spacial score (nSPS) is 8.27. The summed E-state index contributed by atoms with van der Waals surface area (Å²) in [6.07, 6.45) is 0. The minimum absolute atomic E-state index is 0.0743. The van der Waals surface area contributed by atoms with E-state index in [0.717, 1.165) is 16.7 Å². The molecule has 0 N–H and O–H groups in total. The summed E-state index contributed by atoms with van der Waals surface area (Å²) < 4.78 is 0. The molecule has 0 aliphatic heterocycles. The largest absolute Gasteiger partial charge is 0.294 e. The molecule has 0 unspecified atom stereocenters. The smallest absolute Gasteiger partial charge is 0.160 e. The predicted molar refractivity (Wildman–Crippen MR) is 66.0 cm³/mol. The molecule has 0 saturated heterocycles. The topological polar surface area (TPSA) is 17.1 Å². The summed E-state index contributed by atoms with van der Waals surface area (Å²) in [5.41, 5.74) is 5.35. The van der Waals surface area contributed by atoms with Gasteiger partial charge in [0.25, 0.3) is 0 Å². The lowest BCUT2D eigenvalue weighted by atomic mass is 9.99. The van der Waals surface area contributed by atoms with Crippen molar-refractivity contribution in [3.05, 3.63) is 47.7 Å². The minimum atomic E-state index is 0.0743. The fraction of sp³-hybridized carbons (Fsp3) is 0.286. The first-order chi connectivity index (χ1) is 7.16. The van der Waals surface area contributed by atoms with Gasteiger partial charge in [0.05, 0.1) is 0 Å². The van der Waals surface area contributed by atoms with Gasteiger partial charge in [-0.1, -0.05) is 44.7 Å². The van der Waals surface area contributed by atoms with Gasteiger partial charge in [-0.25, -0.2) is 0 Å². The molecule has 0 spiro atoms. The zero-order chi connectivity index (χ0) is 11.8. The molecule has 0 bridgehead atoms. The Hall–Kier alpha value is -1.59. The Morgan fingerprint density at radius 1 is 1.13 bits per heavy atom. The van der Waals surface area contributed by atoms with Crippen LogP contribution >= 0.6 is 0 Å². The number of hydrogen-bond acceptors (Lipinski definition) is 1. The van der Waals surface area contributed by atoms with E-state index in [1.807, 2.05) is 45.0 Å². The van der Waals surface area contributed by atoms with Gasteiger partial charge in [-0.2, -0.15) is 0 Å². The minimum Gasteiger partial charge on any atom is -0.294 e. The van der Waals surface area contributed by atoms with Gasteiger partial charge in [-0.3, -0.25) is 4.79 Å². The van der Waals surface area contributed by atoms with Gasteiger partial charge >= 0.3 is 0 Å². The van der Waals surface area contributed by atoms with Crippen LogP contribution in [-0.2, 0) is 0 Å². The van der Waals surface area contributed by atoms with Crippen LogP contribution in [0, 0.1) is 0 Å². The fourth-order valence-electron chi connectivity index (χ4n) is 1.21. The zero-order valence-corrected chi connectivity index (χ0v) is 9.92. The summed E-state index contributed by atoms with van der Waals surface area (Å²) in [5, 5.41) is 0. The average Bonchev–Trinajstić information content (AvgIpc) is 2.30. The number of benzene rings is 1. The quantitative estimate of drug-likeness (QED) is 0.521. The molecule has 0 aromatic heterocycles. The van der Waals surface area contributed by atoms with Crippen molar-refractivity contribution < 1.29 is 4.79 Å². The molecular weight excluding hydrogens is 184 g/mol. The second-order valence-corrected chi connectivity index (χ2v) is 2.90. The monoisotopic (exact) mass is 202 g/mol. The standard InChI is InChI=1S/C12H12O.C2H6/c1-4-9(2)11-7-5-6-8-12(11)10(3)13;1-2/h5-8H,1H2,2-3H3;1-2H3. The lowest BCUT2D eigenvalue weighted by molar-refractivity contribution is 0.101. The zero-order valence-electron chi connectivity index (χ0n) is 9.92. The van der Waals surface area contributed by atoms with E-state index in [1.54, 1.807) is 6.92 Å². The summed E-state index contributed by atoms with van der Waals surface area (Å²) in [6.45, 7) is 11.0. The van der Waals surface area contributed by atoms with Gasteiger partial charge in [0.1, 0.15) is 0 Å². The van der Waals surface area contributed by atoms with E-state index in [-0.39, 0.29) is 5.78 Å². The highest BCUT2D eigenvalue weighted by atomic mass is 16.1. The third-order valence-electron chi connectivity index (χ3n) is 1.98. The molecule has 1 aromatic carbocycles. The Kier molecular flexibility index (Phi) is 6.08. The van der Waals surface area contributed by atoms with Crippen LogP contribution in [0.5, 0.6) is 0 Å². The average molecular weight is 202 g/mol. The molecule has 0 amide bonds. The summed E-state index contributed by atoms with van der Waals surface area (Å²) in [4.78, 5) is 11.2. The number of carbonyl (C=O) groups excluding carboxylic acids is 1. The lowest BCUT2D eigenvalue weighted by Crippen LogP contribution is -1.96. The van der Waals surface area contributed by atoms with Crippen molar-refractivity contribution in [2.75, 3.05) is 0 Å². The van der Waals surface area contributed by atoms with Crippen LogP contribution in [0.2, 0.25) is 0 Å². The van der Waals surface area contributed by atoms with Crippen molar-refractivity contribution >= 4 is 11.4 Å². The Morgan fingerprint density at radius 3 is 2.00 bits per heavy atom. The SMILES string of the molecule is C=C=C(C)c1ccccc1C(C)=O.CC. The van der Waals surface area contributed by atoms with E-state index in [2.05, 4.69) is 12.3 Å². The van der Waals surface area contributed by atoms with Crippen LogP contribution < -0.4 is 0 Å². The molecule has 1 heteroatoms. The first-order valence-electron chi connectivity index (χ1n) is 5.14.